The third-order valence-electron chi connectivity index (χ3n) is 4.16. The van der Waals surface area contributed by atoms with Crippen molar-refractivity contribution in [3.05, 3.63) is 53.3 Å². The molecule has 0 aliphatic heterocycles. The largest absolute Gasteiger partial charge is 0.494 e. The molecular weight excluding hydrogens is 381 g/mol. The minimum Gasteiger partial charge on any atom is -0.494 e. The maximum atomic E-state index is 13.7. The molecule has 0 aliphatic rings. The van der Waals surface area contributed by atoms with E-state index >= 15 is 0 Å². The molecule has 29 heavy (non-hydrogen) atoms. The summed E-state index contributed by atoms with van der Waals surface area (Å²) in [4.78, 5) is 24.2. The highest BCUT2D eigenvalue weighted by molar-refractivity contribution is 5.83. The van der Waals surface area contributed by atoms with E-state index in [-0.39, 0.29) is 18.7 Å². The van der Waals surface area contributed by atoms with E-state index in [9.17, 15) is 14.0 Å². The van der Waals surface area contributed by atoms with Crippen molar-refractivity contribution in [2.75, 3.05) is 21.3 Å². The maximum absolute atomic E-state index is 13.7. The van der Waals surface area contributed by atoms with Crippen molar-refractivity contribution in [1.82, 2.24) is 5.32 Å². The summed E-state index contributed by atoms with van der Waals surface area (Å²) in [6.07, 6.45) is -1.15. The molecule has 2 aromatic carbocycles. The molecule has 1 atom stereocenters. The van der Waals surface area contributed by atoms with E-state index in [4.69, 9.17) is 18.9 Å². The number of benzene rings is 2. The van der Waals surface area contributed by atoms with E-state index in [1.165, 1.54) is 40.4 Å². The van der Waals surface area contributed by atoms with Crippen molar-refractivity contribution >= 4 is 11.9 Å². The van der Waals surface area contributed by atoms with Crippen molar-refractivity contribution in [3.63, 3.8) is 0 Å². The van der Waals surface area contributed by atoms with Gasteiger partial charge in [-0.05, 0) is 42.3 Å². The number of amides is 1. The summed E-state index contributed by atoms with van der Waals surface area (Å²) in [5.74, 6) is -0.439. The third kappa shape index (κ3) is 6.10. The van der Waals surface area contributed by atoms with Gasteiger partial charge in [0, 0.05) is 6.54 Å². The number of nitrogens with one attached hydrogen (secondary N) is 1. The molecule has 0 saturated heterocycles. The Morgan fingerprint density at radius 1 is 0.931 bits per heavy atom. The Kier molecular flexibility index (Phi) is 7.82. The Balaban J connectivity index is 1.87. The summed E-state index contributed by atoms with van der Waals surface area (Å²) in [6.45, 7) is 1.70. The van der Waals surface area contributed by atoms with E-state index in [1.54, 1.807) is 24.3 Å². The highest BCUT2D eigenvalue weighted by Crippen LogP contribution is 2.27. The van der Waals surface area contributed by atoms with Gasteiger partial charge in [-0.25, -0.2) is 4.39 Å². The van der Waals surface area contributed by atoms with E-state index in [2.05, 4.69) is 5.32 Å². The van der Waals surface area contributed by atoms with E-state index < -0.39 is 23.8 Å². The number of carbonyl (C=O) groups excluding carboxylic acids is 2. The predicted octanol–water partition coefficient (Wildman–Crippen LogP) is 2.64. The lowest BCUT2D eigenvalue weighted by molar-refractivity contribution is -0.154. The summed E-state index contributed by atoms with van der Waals surface area (Å²) < 4.78 is 34.1. The second-order valence-electron chi connectivity index (χ2n) is 6.18. The molecule has 8 heteroatoms. The number of halogens is 1. The summed E-state index contributed by atoms with van der Waals surface area (Å²) in [5.41, 5.74) is 1.22. The van der Waals surface area contributed by atoms with Gasteiger partial charge >= 0.3 is 5.97 Å². The van der Waals surface area contributed by atoms with E-state index in [1.807, 2.05) is 0 Å². The van der Waals surface area contributed by atoms with Crippen LogP contribution in [0.4, 0.5) is 4.39 Å². The molecule has 0 bridgehead atoms. The van der Waals surface area contributed by atoms with Crippen molar-refractivity contribution in [2.24, 2.45) is 0 Å². The highest BCUT2D eigenvalue weighted by Gasteiger charge is 2.18. The predicted molar refractivity (Wildman–Crippen MR) is 104 cm³/mol. The summed E-state index contributed by atoms with van der Waals surface area (Å²) >= 11 is 0. The van der Waals surface area contributed by atoms with Gasteiger partial charge in [0.05, 0.1) is 27.8 Å². The molecule has 0 saturated carbocycles. The Hall–Kier alpha value is -3.29. The van der Waals surface area contributed by atoms with Gasteiger partial charge in [0.2, 0.25) is 0 Å². The Bertz CT molecular complexity index is 870. The van der Waals surface area contributed by atoms with Gasteiger partial charge in [-0.2, -0.15) is 0 Å². The standard InChI is InChI=1S/C21H24FNO6/c1-13(29-20(24)11-14-5-7-17(26-2)16(22)9-14)21(25)23-12-15-6-8-18(27-3)19(10-15)28-4/h5-10,13H,11-12H2,1-4H3,(H,23,25)/t13-/m1/s1. The van der Waals surface area contributed by atoms with E-state index in [0.29, 0.717) is 17.1 Å². The first-order chi connectivity index (χ1) is 13.9. The topological polar surface area (TPSA) is 83.1 Å². The van der Waals surface area contributed by atoms with Gasteiger partial charge in [0.15, 0.2) is 29.2 Å². The fraction of sp³-hybridized carbons (Fsp3) is 0.333. The Morgan fingerprint density at radius 3 is 2.17 bits per heavy atom. The lowest BCUT2D eigenvalue weighted by atomic mass is 10.1. The summed E-state index contributed by atoms with van der Waals surface area (Å²) in [6, 6.07) is 9.45. The number of hydrogen-bond donors (Lipinski definition) is 1. The first-order valence-corrected chi connectivity index (χ1v) is 8.88. The van der Waals surface area contributed by atoms with Crippen LogP contribution in [-0.2, 0) is 27.3 Å². The van der Waals surface area contributed by atoms with Gasteiger partial charge in [-0.3, -0.25) is 9.59 Å². The van der Waals surface area contributed by atoms with Crippen LogP contribution < -0.4 is 19.5 Å². The number of esters is 1. The average Bonchev–Trinajstić information content (AvgIpc) is 2.71. The van der Waals surface area contributed by atoms with Crippen molar-refractivity contribution in [1.29, 1.82) is 0 Å². The molecule has 156 valence electrons. The molecule has 0 aliphatic carbocycles. The van der Waals surface area contributed by atoms with Gasteiger partial charge in [0.1, 0.15) is 0 Å². The summed E-state index contributed by atoms with van der Waals surface area (Å²) in [5, 5.41) is 2.69. The first kappa shape index (κ1) is 22.0. The molecular formula is C21H24FNO6. The van der Waals surface area contributed by atoms with Crippen molar-refractivity contribution < 1.29 is 32.9 Å². The zero-order valence-electron chi connectivity index (χ0n) is 16.8. The highest BCUT2D eigenvalue weighted by atomic mass is 19.1. The first-order valence-electron chi connectivity index (χ1n) is 8.88. The van der Waals surface area contributed by atoms with Gasteiger partial charge in [-0.15, -0.1) is 0 Å². The minimum absolute atomic E-state index is 0.0880. The Labute approximate surface area is 168 Å². The normalized spacial score (nSPS) is 11.3. The molecule has 2 rings (SSSR count). The van der Waals surface area contributed by atoms with Crippen LogP contribution in [0.3, 0.4) is 0 Å². The van der Waals surface area contributed by atoms with E-state index in [0.717, 1.165) is 5.56 Å². The minimum atomic E-state index is -0.995. The molecule has 0 fully saturated rings. The third-order valence-corrected chi connectivity index (χ3v) is 4.16. The molecule has 1 amide bonds. The lowest BCUT2D eigenvalue weighted by Crippen LogP contribution is -2.35. The molecule has 2 aromatic rings. The zero-order valence-corrected chi connectivity index (χ0v) is 16.8. The molecule has 0 spiro atoms. The number of ether oxygens (including phenoxy) is 4. The number of methoxy groups -OCH3 is 3. The molecule has 0 aromatic heterocycles. The number of carbonyl (C=O) groups is 2. The quantitative estimate of drug-likeness (QED) is 0.646. The number of hydrogen-bond acceptors (Lipinski definition) is 6. The van der Waals surface area contributed by atoms with Gasteiger partial charge in [0.25, 0.3) is 5.91 Å². The fourth-order valence-corrected chi connectivity index (χ4v) is 2.60. The van der Waals surface area contributed by atoms with Gasteiger partial charge < -0.3 is 24.3 Å². The maximum Gasteiger partial charge on any atom is 0.311 e. The van der Waals surface area contributed by atoms with Crippen LogP contribution in [0.2, 0.25) is 0 Å². The van der Waals surface area contributed by atoms with Gasteiger partial charge in [-0.1, -0.05) is 12.1 Å². The van der Waals surface area contributed by atoms with Crippen LogP contribution in [0.25, 0.3) is 0 Å². The molecule has 7 nitrogen and oxygen atoms in total. The molecule has 0 unspecified atom stereocenters. The second-order valence-corrected chi connectivity index (χ2v) is 6.18. The Morgan fingerprint density at radius 2 is 1.55 bits per heavy atom. The lowest BCUT2D eigenvalue weighted by Gasteiger charge is -2.14. The second kappa shape index (κ2) is 10.3. The molecule has 0 radical (unpaired) electrons. The van der Waals surface area contributed by atoms with Crippen LogP contribution in [0.1, 0.15) is 18.1 Å². The monoisotopic (exact) mass is 405 g/mol. The van der Waals surface area contributed by atoms with Crippen LogP contribution in [0.15, 0.2) is 36.4 Å². The van der Waals surface area contributed by atoms with Crippen LogP contribution in [0, 0.1) is 5.82 Å². The van der Waals surface area contributed by atoms with Crippen LogP contribution in [-0.4, -0.2) is 39.3 Å². The van der Waals surface area contributed by atoms with Crippen molar-refractivity contribution in [3.8, 4) is 17.2 Å². The van der Waals surface area contributed by atoms with Crippen LogP contribution in [0.5, 0.6) is 17.2 Å². The fourth-order valence-electron chi connectivity index (χ4n) is 2.60. The molecule has 0 heterocycles. The van der Waals surface area contributed by atoms with Crippen LogP contribution >= 0.6 is 0 Å². The summed E-state index contributed by atoms with van der Waals surface area (Å²) in [7, 11) is 4.42. The smallest absolute Gasteiger partial charge is 0.311 e. The zero-order chi connectivity index (χ0) is 21.4. The SMILES string of the molecule is COc1ccc(CC(=O)O[C@H](C)C(=O)NCc2ccc(OC)c(OC)c2)cc1F. The number of rotatable bonds is 9. The average molecular weight is 405 g/mol. The van der Waals surface area contributed by atoms with Crippen molar-refractivity contribution in [2.45, 2.75) is 26.0 Å². The molecule has 1 N–H and O–H groups in total.